The summed E-state index contributed by atoms with van der Waals surface area (Å²) < 4.78 is 1.11. The van der Waals surface area contributed by atoms with Crippen molar-refractivity contribution < 1.29 is 0 Å². The third-order valence-electron chi connectivity index (χ3n) is 6.58. The zero-order valence-electron chi connectivity index (χ0n) is 18.1. The van der Waals surface area contributed by atoms with Gasteiger partial charge in [0, 0.05) is 20.9 Å². The van der Waals surface area contributed by atoms with Crippen molar-refractivity contribution >= 4 is 76.3 Å². The predicted octanol–water partition coefficient (Wildman–Crippen LogP) is 8.76. The Labute approximate surface area is 204 Å². The van der Waals surface area contributed by atoms with Crippen molar-refractivity contribution in [3.8, 4) is 0 Å². The summed E-state index contributed by atoms with van der Waals surface area (Å²) in [6.07, 6.45) is 1.65. The first-order valence-corrected chi connectivity index (χ1v) is 12.0. The molecule has 1 heterocycles. The van der Waals surface area contributed by atoms with E-state index in [4.69, 9.17) is 4.98 Å². The van der Waals surface area contributed by atoms with E-state index >= 15 is 0 Å². The van der Waals surface area contributed by atoms with Gasteiger partial charge in [-0.25, -0.2) is 9.97 Å². The minimum absolute atomic E-state index is 0.869. The molecule has 160 valence electrons. The summed E-state index contributed by atoms with van der Waals surface area (Å²) in [6.45, 7) is 0. The molecule has 6 aromatic carbocycles. The third-order valence-corrected chi connectivity index (χ3v) is 7.27. The number of hydrogen-bond donors (Lipinski definition) is 0. The van der Waals surface area contributed by atoms with Crippen LogP contribution in [0.3, 0.4) is 0 Å². The Kier molecular flexibility index (Phi) is 4.29. The average Bonchev–Trinajstić information content (AvgIpc) is 2.90. The highest BCUT2D eigenvalue weighted by Crippen LogP contribution is 2.45. The zero-order valence-corrected chi connectivity index (χ0v) is 19.7. The van der Waals surface area contributed by atoms with Crippen LogP contribution in [0.1, 0.15) is 0 Å². The molecular formula is C30H18BrN3. The summed E-state index contributed by atoms with van der Waals surface area (Å²) in [4.78, 5) is 11.6. The number of aromatic nitrogens is 2. The Morgan fingerprint density at radius 2 is 1.24 bits per heavy atom. The van der Waals surface area contributed by atoms with Crippen molar-refractivity contribution in [3.63, 3.8) is 0 Å². The number of benzene rings is 6. The molecule has 0 saturated carbocycles. The van der Waals surface area contributed by atoms with E-state index in [0.29, 0.717) is 0 Å². The van der Waals surface area contributed by atoms with Gasteiger partial charge in [0.05, 0.1) is 11.2 Å². The second kappa shape index (κ2) is 7.51. The summed E-state index contributed by atoms with van der Waals surface area (Å²) in [5, 5.41) is 8.47. The molecular weight excluding hydrogens is 482 g/mol. The average molecular weight is 500 g/mol. The Bertz CT molecular complexity index is 1820. The van der Waals surface area contributed by atoms with Gasteiger partial charge in [0.25, 0.3) is 0 Å². The first kappa shape index (κ1) is 19.4. The number of hydrogen-bond acceptors (Lipinski definition) is 3. The van der Waals surface area contributed by atoms with Crippen molar-refractivity contribution in [2.75, 3.05) is 4.90 Å². The van der Waals surface area contributed by atoms with E-state index in [-0.39, 0.29) is 0 Å². The highest BCUT2D eigenvalue weighted by atomic mass is 79.9. The van der Waals surface area contributed by atoms with Crippen LogP contribution in [0.5, 0.6) is 0 Å². The highest BCUT2D eigenvalue weighted by molar-refractivity contribution is 9.10. The molecule has 0 aliphatic carbocycles. The van der Waals surface area contributed by atoms with Crippen LogP contribution in [0, 0.1) is 0 Å². The number of fused-ring (bicyclic) bond motifs is 1. The Morgan fingerprint density at radius 3 is 2.09 bits per heavy atom. The smallest absolute Gasteiger partial charge is 0.148 e. The van der Waals surface area contributed by atoms with Crippen LogP contribution >= 0.6 is 15.9 Å². The van der Waals surface area contributed by atoms with E-state index in [0.717, 1.165) is 32.6 Å². The molecule has 0 bridgehead atoms. The van der Waals surface area contributed by atoms with E-state index in [1.54, 1.807) is 6.33 Å². The second-order valence-corrected chi connectivity index (χ2v) is 9.29. The molecule has 7 rings (SSSR count). The fraction of sp³-hybridized carbons (Fsp3) is 0. The van der Waals surface area contributed by atoms with E-state index in [1.807, 2.05) is 24.3 Å². The van der Waals surface area contributed by atoms with Crippen LogP contribution in [-0.2, 0) is 0 Å². The monoisotopic (exact) mass is 499 g/mol. The second-order valence-electron chi connectivity index (χ2n) is 8.44. The summed E-state index contributed by atoms with van der Waals surface area (Å²) in [7, 11) is 0. The zero-order chi connectivity index (χ0) is 22.6. The maximum absolute atomic E-state index is 4.79. The van der Waals surface area contributed by atoms with Gasteiger partial charge < -0.3 is 0 Å². The lowest BCUT2D eigenvalue weighted by atomic mass is 9.93. The number of rotatable bonds is 3. The van der Waals surface area contributed by atoms with Gasteiger partial charge in [-0.3, -0.25) is 4.90 Å². The number of halogens is 1. The van der Waals surface area contributed by atoms with Crippen LogP contribution in [0.25, 0.3) is 43.2 Å². The van der Waals surface area contributed by atoms with Gasteiger partial charge in [-0.2, -0.15) is 0 Å². The number of para-hydroxylation sites is 2. The molecule has 1 aromatic heterocycles. The fourth-order valence-electron chi connectivity index (χ4n) is 5.07. The van der Waals surface area contributed by atoms with Gasteiger partial charge in [-0.15, -0.1) is 0 Å². The number of nitrogens with zero attached hydrogens (tertiary/aromatic N) is 3. The first-order chi connectivity index (χ1) is 16.8. The lowest BCUT2D eigenvalue weighted by molar-refractivity contribution is 1.15. The van der Waals surface area contributed by atoms with E-state index in [9.17, 15) is 0 Å². The van der Waals surface area contributed by atoms with E-state index in [1.165, 1.54) is 32.3 Å². The molecule has 0 unspecified atom stereocenters. The SMILES string of the molecule is Brc1ccc2ccc3c(N(c4ccccc4)c4ncnc5ccccc45)ccc4ccc1c2c43. The van der Waals surface area contributed by atoms with Crippen molar-refractivity contribution in [1.82, 2.24) is 9.97 Å². The molecule has 0 fully saturated rings. The van der Waals surface area contributed by atoms with Crippen molar-refractivity contribution in [2.45, 2.75) is 0 Å². The van der Waals surface area contributed by atoms with Crippen LogP contribution < -0.4 is 4.90 Å². The van der Waals surface area contributed by atoms with Crippen LogP contribution in [0.15, 0.2) is 114 Å². The largest absolute Gasteiger partial charge is 0.294 e. The third kappa shape index (κ3) is 2.82. The van der Waals surface area contributed by atoms with Crippen LogP contribution in [-0.4, -0.2) is 9.97 Å². The molecule has 0 aliphatic heterocycles. The molecule has 0 radical (unpaired) electrons. The summed E-state index contributed by atoms with van der Waals surface area (Å²) in [6, 6.07) is 36.3. The topological polar surface area (TPSA) is 29.0 Å². The van der Waals surface area contributed by atoms with E-state index < -0.39 is 0 Å². The molecule has 4 heteroatoms. The van der Waals surface area contributed by atoms with Crippen molar-refractivity contribution in [2.24, 2.45) is 0 Å². The van der Waals surface area contributed by atoms with Crippen molar-refractivity contribution in [3.05, 3.63) is 114 Å². The molecule has 3 nitrogen and oxygen atoms in total. The van der Waals surface area contributed by atoms with Gasteiger partial charge in [0.2, 0.25) is 0 Å². The van der Waals surface area contributed by atoms with Gasteiger partial charge in [0.15, 0.2) is 0 Å². The van der Waals surface area contributed by atoms with Crippen molar-refractivity contribution in [1.29, 1.82) is 0 Å². The predicted molar refractivity (Wildman–Crippen MR) is 146 cm³/mol. The first-order valence-electron chi connectivity index (χ1n) is 11.2. The Hall–Kier alpha value is -4.02. The molecule has 0 atom stereocenters. The summed E-state index contributed by atoms with van der Waals surface area (Å²) >= 11 is 3.76. The quantitative estimate of drug-likeness (QED) is 0.227. The minimum atomic E-state index is 0.869. The molecule has 0 amide bonds. The lowest BCUT2D eigenvalue weighted by Gasteiger charge is -2.27. The highest BCUT2D eigenvalue weighted by Gasteiger charge is 2.21. The lowest BCUT2D eigenvalue weighted by Crippen LogP contribution is -2.13. The van der Waals surface area contributed by atoms with Crippen LogP contribution in [0.2, 0.25) is 0 Å². The normalized spacial score (nSPS) is 11.7. The molecule has 0 N–H and O–H groups in total. The maximum Gasteiger partial charge on any atom is 0.148 e. The molecule has 7 aromatic rings. The number of anilines is 3. The maximum atomic E-state index is 4.79. The fourth-order valence-corrected chi connectivity index (χ4v) is 5.53. The summed E-state index contributed by atoms with van der Waals surface area (Å²) in [5.74, 6) is 0.869. The van der Waals surface area contributed by atoms with E-state index in [2.05, 4.69) is 105 Å². The van der Waals surface area contributed by atoms with Gasteiger partial charge in [-0.1, -0.05) is 82.7 Å². The Morgan fingerprint density at radius 1 is 0.559 bits per heavy atom. The van der Waals surface area contributed by atoms with Gasteiger partial charge in [0.1, 0.15) is 12.1 Å². The van der Waals surface area contributed by atoms with Gasteiger partial charge >= 0.3 is 0 Å². The molecule has 0 aliphatic rings. The molecule has 0 saturated heterocycles. The molecule has 0 spiro atoms. The molecule has 34 heavy (non-hydrogen) atoms. The minimum Gasteiger partial charge on any atom is -0.294 e. The van der Waals surface area contributed by atoms with Gasteiger partial charge in [-0.05, 0) is 63.3 Å². The standard InChI is InChI=1S/C30H18BrN3/c31-25-16-12-19-11-15-24-27(17-13-20-10-14-22(25)28(19)29(20)24)34(21-6-2-1-3-7-21)30-23-8-4-5-9-26(23)32-18-33-30/h1-18H. The summed E-state index contributed by atoms with van der Waals surface area (Å²) in [5.41, 5.74) is 3.08. The Balaban J connectivity index is 1.62. The van der Waals surface area contributed by atoms with Crippen LogP contribution in [0.4, 0.5) is 17.2 Å².